The number of benzene rings is 2. The third-order valence-corrected chi connectivity index (χ3v) is 5.21. The number of nitrogens with zero attached hydrogens (tertiary/aromatic N) is 1. The van der Waals surface area contributed by atoms with Gasteiger partial charge in [-0.25, -0.2) is 0 Å². The van der Waals surface area contributed by atoms with Crippen LogP contribution >= 0.6 is 0 Å². The molecule has 2 aromatic rings. The SMILES string of the molecule is Cc1cc(C)c(NC(=O)CN(C)C(=O)c2cccc(OCC3CCCO3)c2)c(C)c1. The molecule has 0 radical (unpaired) electrons. The van der Waals surface area contributed by atoms with Gasteiger partial charge in [-0.15, -0.1) is 0 Å². The fraction of sp³-hybridized carbons (Fsp3) is 0.417. The first kappa shape index (κ1) is 21.8. The number of hydrogen-bond donors (Lipinski definition) is 1. The molecule has 1 saturated heterocycles. The molecular formula is C24H30N2O4. The molecule has 1 N–H and O–H groups in total. The van der Waals surface area contributed by atoms with Crippen LogP contribution in [0.4, 0.5) is 5.69 Å². The van der Waals surface area contributed by atoms with Gasteiger partial charge in [0.05, 0.1) is 12.6 Å². The summed E-state index contributed by atoms with van der Waals surface area (Å²) in [6, 6.07) is 11.1. The number of anilines is 1. The minimum atomic E-state index is -0.231. The highest BCUT2D eigenvalue weighted by molar-refractivity contribution is 6.00. The first-order valence-electron chi connectivity index (χ1n) is 10.3. The molecule has 1 aliphatic heterocycles. The molecule has 6 nitrogen and oxygen atoms in total. The second-order valence-corrected chi connectivity index (χ2v) is 7.96. The average Bonchev–Trinajstić information content (AvgIpc) is 3.22. The van der Waals surface area contributed by atoms with Gasteiger partial charge < -0.3 is 19.7 Å². The zero-order chi connectivity index (χ0) is 21.7. The van der Waals surface area contributed by atoms with Gasteiger partial charge >= 0.3 is 0 Å². The summed E-state index contributed by atoms with van der Waals surface area (Å²) >= 11 is 0. The number of nitrogens with one attached hydrogen (secondary N) is 1. The van der Waals surface area contributed by atoms with Crippen molar-refractivity contribution in [3.63, 3.8) is 0 Å². The Labute approximate surface area is 178 Å². The van der Waals surface area contributed by atoms with Crippen LogP contribution in [0, 0.1) is 20.8 Å². The zero-order valence-corrected chi connectivity index (χ0v) is 18.2. The van der Waals surface area contributed by atoms with E-state index in [2.05, 4.69) is 5.32 Å². The Bertz CT molecular complexity index is 896. The number of carbonyl (C=O) groups excluding carboxylic acids is 2. The number of hydrogen-bond acceptors (Lipinski definition) is 4. The van der Waals surface area contributed by atoms with Crippen LogP contribution in [0.5, 0.6) is 5.75 Å². The van der Waals surface area contributed by atoms with Crippen molar-refractivity contribution in [1.29, 1.82) is 0 Å². The molecule has 30 heavy (non-hydrogen) atoms. The predicted octanol–water partition coefficient (Wildman–Crippen LogP) is 3.88. The van der Waals surface area contributed by atoms with Gasteiger partial charge in [0.25, 0.3) is 5.91 Å². The molecule has 0 aliphatic carbocycles. The van der Waals surface area contributed by atoms with Gasteiger partial charge in [0.15, 0.2) is 0 Å². The number of rotatable bonds is 7. The highest BCUT2D eigenvalue weighted by Crippen LogP contribution is 2.22. The van der Waals surface area contributed by atoms with Crippen LogP contribution in [0.2, 0.25) is 0 Å². The predicted molar refractivity (Wildman–Crippen MR) is 117 cm³/mol. The van der Waals surface area contributed by atoms with E-state index in [0.717, 1.165) is 41.8 Å². The maximum atomic E-state index is 12.8. The van der Waals surface area contributed by atoms with Crippen molar-refractivity contribution in [2.24, 2.45) is 0 Å². The summed E-state index contributed by atoms with van der Waals surface area (Å²) in [5.41, 5.74) is 4.45. The lowest BCUT2D eigenvalue weighted by Gasteiger charge is -2.19. The van der Waals surface area contributed by atoms with Crippen LogP contribution in [0.15, 0.2) is 36.4 Å². The maximum Gasteiger partial charge on any atom is 0.254 e. The number of amides is 2. The Hall–Kier alpha value is -2.86. The van der Waals surface area contributed by atoms with Crippen molar-refractivity contribution in [2.45, 2.75) is 39.7 Å². The quantitative estimate of drug-likeness (QED) is 0.752. The second-order valence-electron chi connectivity index (χ2n) is 7.96. The smallest absolute Gasteiger partial charge is 0.254 e. The van der Waals surface area contributed by atoms with Gasteiger partial charge in [-0.05, 0) is 62.9 Å². The van der Waals surface area contributed by atoms with Gasteiger partial charge in [0, 0.05) is 24.9 Å². The van der Waals surface area contributed by atoms with Crippen LogP contribution in [0.1, 0.15) is 39.9 Å². The molecule has 0 aromatic heterocycles. The van der Waals surface area contributed by atoms with E-state index in [-0.39, 0.29) is 24.5 Å². The van der Waals surface area contributed by atoms with Crippen LogP contribution in [-0.4, -0.2) is 49.6 Å². The highest BCUT2D eigenvalue weighted by atomic mass is 16.5. The lowest BCUT2D eigenvalue weighted by Crippen LogP contribution is -2.35. The van der Waals surface area contributed by atoms with E-state index in [1.54, 1.807) is 25.2 Å². The van der Waals surface area contributed by atoms with E-state index in [1.807, 2.05) is 39.0 Å². The summed E-state index contributed by atoms with van der Waals surface area (Å²) in [4.78, 5) is 26.7. The maximum absolute atomic E-state index is 12.8. The molecule has 1 unspecified atom stereocenters. The molecule has 0 bridgehead atoms. The molecule has 3 rings (SSSR count). The largest absolute Gasteiger partial charge is 0.491 e. The van der Waals surface area contributed by atoms with Crippen LogP contribution in [0.25, 0.3) is 0 Å². The standard InChI is InChI=1S/C24H30N2O4/c1-16-11-17(2)23(18(3)12-16)25-22(27)14-26(4)24(28)19-7-5-8-20(13-19)30-15-21-9-6-10-29-21/h5,7-8,11-13,21H,6,9-10,14-15H2,1-4H3,(H,25,27). The monoisotopic (exact) mass is 410 g/mol. The fourth-order valence-electron chi connectivity index (χ4n) is 3.75. The Morgan fingerprint density at radius 1 is 1.17 bits per heavy atom. The Morgan fingerprint density at radius 2 is 1.90 bits per heavy atom. The molecule has 1 fully saturated rings. The second kappa shape index (κ2) is 9.76. The van der Waals surface area contributed by atoms with Crippen LogP contribution in [-0.2, 0) is 9.53 Å². The topological polar surface area (TPSA) is 67.9 Å². The van der Waals surface area contributed by atoms with E-state index >= 15 is 0 Å². The van der Waals surface area contributed by atoms with Gasteiger partial charge in [0.1, 0.15) is 12.4 Å². The lowest BCUT2D eigenvalue weighted by molar-refractivity contribution is -0.116. The molecule has 2 aromatic carbocycles. The van der Waals surface area contributed by atoms with Crippen molar-refractivity contribution < 1.29 is 19.1 Å². The van der Waals surface area contributed by atoms with E-state index in [4.69, 9.17) is 9.47 Å². The van der Waals surface area contributed by atoms with Crippen molar-refractivity contribution in [1.82, 2.24) is 4.90 Å². The van der Waals surface area contributed by atoms with Gasteiger partial charge in [0.2, 0.25) is 5.91 Å². The summed E-state index contributed by atoms with van der Waals surface area (Å²) in [7, 11) is 1.62. The Balaban J connectivity index is 1.58. The molecule has 6 heteroatoms. The van der Waals surface area contributed by atoms with Crippen molar-refractivity contribution in [2.75, 3.05) is 32.1 Å². The molecule has 0 saturated carbocycles. The summed E-state index contributed by atoms with van der Waals surface area (Å²) in [5.74, 6) is 0.164. The molecule has 1 heterocycles. The number of ether oxygens (including phenoxy) is 2. The third kappa shape index (κ3) is 5.60. The lowest BCUT2D eigenvalue weighted by atomic mass is 10.1. The van der Waals surface area contributed by atoms with Gasteiger partial charge in [-0.1, -0.05) is 23.8 Å². The zero-order valence-electron chi connectivity index (χ0n) is 18.2. The Kier molecular flexibility index (Phi) is 7.11. The van der Waals surface area contributed by atoms with E-state index in [0.29, 0.717) is 17.9 Å². The van der Waals surface area contributed by atoms with Gasteiger partial charge in [-0.3, -0.25) is 9.59 Å². The minimum Gasteiger partial charge on any atom is -0.491 e. The first-order chi connectivity index (χ1) is 14.3. The van der Waals surface area contributed by atoms with Crippen molar-refractivity contribution in [3.8, 4) is 5.75 Å². The van der Waals surface area contributed by atoms with E-state index in [1.165, 1.54) is 4.90 Å². The normalized spacial score (nSPS) is 15.7. The summed E-state index contributed by atoms with van der Waals surface area (Å²) < 4.78 is 11.3. The number of carbonyl (C=O) groups is 2. The minimum absolute atomic E-state index is 0.0351. The van der Waals surface area contributed by atoms with E-state index in [9.17, 15) is 9.59 Å². The third-order valence-electron chi connectivity index (χ3n) is 5.21. The summed E-state index contributed by atoms with van der Waals surface area (Å²) in [5, 5.41) is 2.93. The van der Waals surface area contributed by atoms with E-state index < -0.39 is 0 Å². The van der Waals surface area contributed by atoms with Gasteiger partial charge in [-0.2, -0.15) is 0 Å². The molecular weight excluding hydrogens is 380 g/mol. The average molecular weight is 411 g/mol. The Morgan fingerprint density at radius 3 is 2.57 bits per heavy atom. The number of aryl methyl sites for hydroxylation is 3. The summed E-state index contributed by atoms with van der Waals surface area (Å²) in [6.07, 6.45) is 2.17. The number of likely N-dealkylation sites (N-methyl/N-ethyl adjacent to an activating group) is 1. The molecule has 0 spiro atoms. The molecule has 1 aliphatic rings. The molecule has 2 amide bonds. The molecule has 160 valence electrons. The first-order valence-corrected chi connectivity index (χ1v) is 10.3. The fourth-order valence-corrected chi connectivity index (χ4v) is 3.75. The van der Waals surface area contributed by atoms with Crippen LogP contribution in [0.3, 0.4) is 0 Å². The molecule has 1 atom stereocenters. The highest BCUT2D eigenvalue weighted by Gasteiger charge is 2.18. The van der Waals surface area contributed by atoms with Crippen molar-refractivity contribution in [3.05, 3.63) is 58.7 Å². The summed E-state index contributed by atoms with van der Waals surface area (Å²) in [6.45, 7) is 7.18. The van der Waals surface area contributed by atoms with Crippen LogP contribution < -0.4 is 10.1 Å². The van der Waals surface area contributed by atoms with Crippen molar-refractivity contribution >= 4 is 17.5 Å².